The van der Waals surface area contributed by atoms with Crippen LogP contribution in [0.2, 0.25) is 0 Å². The fraction of sp³-hybridized carbons (Fsp3) is 0.423. The van der Waals surface area contributed by atoms with E-state index in [-0.39, 0.29) is 30.9 Å². The fourth-order valence-electron chi connectivity index (χ4n) is 4.79. The summed E-state index contributed by atoms with van der Waals surface area (Å²) in [7, 11) is 0. The molecule has 7 nitrogen and oxygen atoms in total. The van der Waals surface area contributed by atoms with Gasteiger partial charge in [-0.1, -0.05) is 68.8 Å². The van der Waals surface area contributed by atoms with Gasteiger partial charge in [0.15, 0.2) is 0 Å². The number of ether oxygens (including phenoxy) is 1. The first-order chi connectivity index (χ1) is 15.8. The van der Waals surface area contributed by atoms with Crippen molar-refractivity contribution in [1.82, 2.24) is 10.6 Å². The molecule has 0 bridgehead atoms. The molecule has 0 heterocycles. The zero-order valence-electron chi connectivity index (χ0n) is 19.0. The number of carboxylic acids is 1. The van der Waals surface area contributed by atoms with Gasteiger partial charge in [0.05, 0.1) is 5.41 Å². The number of amides is 2. The summed E-state index contributed by atoms with van der Waals surface area (Å²) in [6.07, 6.45) is 1.49. The second-order valence-electron chi connectivity index (χ2n) is 9.35. The summed E-state index contributed by atoms with van der Waals surface area (Å²) < 4.78 is 5.57. The van der Waals surface area contributed by atoms with Crippen LogP contribution in [0.15, 0.2) is 48.5 Å². The summed E-state index contributed by atoms with van der Waals surface area (Å²) >= 11 is 0. The van der Waals surface area contributed by atoms with Crippen LogP contribution in [0.1, 0.15) is 50.2 Å². The maximum Gasteiger partial charge on any atom is 0.407 e. The summed E-state index contributed by atoms with van der Waals surface area (Å²) in [5.41, 5.74) is 3.80. The van der Waals surface area contributed by atoms with Crippen LogP contribution in [0.3, 0.4) is 0 Å². The molecule has 0 aromatic heterocycles. The van der Waals surface area contributed by atoms with Crippen molar-refractivity contribution in [3.63, 3.8) is 0 Å². The van der Waals surface area contributed by atoms with Crippen molar-refractivity contribution >= 4 is 18.0 Å². The predicted octanol–water partition coefficient (Wildman–Crippen LogP) is 3.92. The smallest absolute Gasteiger partial charge is 0.407 e. The lowest BCUT2D eigenvalue weighted by Crippen LogP contribution is -2.56. The van der Waals surface area contributed by atoms with Gasteiger partial charge in [-0.2, -0.15) is 0 Å². The van der Waals surface area contributed by atoms with Gasteiger partial charge in [-0.25, -0.2) is 9.59 Å². The van der Waals surface area contributed by atoms with E-state index in [1.54, 1.807) is 13.8 Å². The molecular formula is C26H30N2O5. The van der Waals surface area contributed by atoms with Gasteiger partial charge in [0, 0.05) is 12.5 Å². The second kappa shape index (κ2) is 9.25. The normalized spacial score (nSPS) is 16.8. The first kappa shape index (κ1) is 22.8. The number of rotatable bonds is 8. The number of hydrogen-bond donors (Lipinski definition) is 3. The average Bonchev–Trinajstić information content (AvgIpc) is 3.08. The predicted molar refractivity (Wildman–Crippen MR) is 124 cm³/mol. The van der Waals surface area contributed by atoms with Gasteiger partial charge in [0.25, 0.3) is 0 Å². The van der Waals surface area contributed by atoms with Crippen molar-refractivity contribution < 1.29 is 24.2 Å². The highest BCUT2D eigenvalue weighted by molar-refractivity contribution is 5.88. The number of nitrogens with one attached hydrogen (secondary N) is 2. The van der Waals surface area contributed by atoms with Crippen molar-refractivity contribution in [2.24, 2.45) is 11.3 Å². The van der Waals surface area contributed by atoms with Crippen LogP contribution >= 0.6 is 0 Å². The number of benzene rings is 2. The molecule has 0 aliphatic heterocycles. The third-order valence-electron chi connectivity index (χ3n) is 6.93. The van der Waals surface area contributed by atoms with Crippen LogP contribution in [0.5, 0.6) is 0 Å². The molecule has 1 saturated carbocycles. The molecule has 1 fully saturated rings. The van der Waals surface area contributed by atoms with E-state index in [0.717, 1.165) is 28.7 Å². The number of carbonyl (C=O) groups excluding carboxylic acids is 2. The Hall–Kier alpha value is -3.35. The average molecular weight is 451 g/mol. The van der Waals surface area contributed by atoms with Gasteiger partial charge in [-0.15, -0.1) is 0 Å². The molecule has 2 amide bonds. The second-order valence-corrected chi connectivity index (χ2v) is 9.35. The molecule has 2 aliphatic rings. The van der Waals surface area contributed by atoms with Gasteiger partial charge >= 0.3 is 12.1 Å². The quantitative estimate of drug-likeness (QED) is 0.565. The summed E-state index contributed by atoms with van der Waals surface area (Å²) in [5, 5.41) is 14.8. The molecular weight excluding hydrogens is 420 g/mol. The van der Waals surface area contributed by atoms with Crippen molar-refractivity contribution in [1.29, 1.82) is 0 Å². The van der Waals surface area contributed by atoms with Crippen LogP contribution in [0.4, 0.5) is 4.79 Å². The maximum atomic E-state index is 12.9. The summed E-state index contributed by atoms with van der Waals surface area (Å²) in [6.45, 7) is 3.83. The van der Waals surface area contributed by atoms with Crippen molar-refractivity contribution in [3.8, 4) is 11.1 Å². The lowest BCUT2D eigenvalue weighted by Gasteiger charge is -2.41. The van der Waals surface area contributed by atoms with E-state index in [1.165, 1.54) is 0 Å². The van der Waals surface area contributed by atoms with E-state index < -0.39 is 23.5 Å². The highest BCUT2D eigenvalue weighted by Gasteiger charge is 2.45. The highest BCUT2D eigenvalue weighted by Crippen LogP contribution is 2.44. The molecule has 2 aliphatic carbocycles. The van der Waals surface area contributed by atoms with Crippen LogP contribution in [0.25, 0.3) is 11.1 Å². The number of carbonyl (C=O) groups is 3. The fourth-order valence-corrected chi connectivity index (χ4v) is 4.79. The van der Waals surface area contributed by atoms with Gasteiger partial charge in [0.1, 0.15) is 12.6 Å². The molecule has 4 rings (SSSR count). The summed E-state index contributed by atoms with van der Waals surface area (Å²) in [5.74, 6) is -1.66. The minimum Gasteiger partial charge on any atom is -0.480 e. The van der Waals surface area contributed by atoms with Crippen molar-refractivity contribution in [2.75, 3.05) is 13.2 Å². The van der Waals surface area contributed by atoms with Crippen molar-refractivity contribution in [3.05, 3.63) is 59.7 Å². The number of fused-ring (bicyclic) bond motifs is 3. The molecule has 3 N–H and O–H groups in total. The van der Waals surface area contributed by atoms with E-state index >= 15 is 0 Å². The molecule has 0 radical (unpaired) electrons. The number of alkyl carbamates (subject to hydrolysis) is 1. The first-order valence-corrected chi connectivity index (χ1v) is 11.4. The van der Waals surface area contributed by atoms with E-state index in [1.807, 2.05) is 24.3 Å². The molecule has 0 saturated heterocycles. The van der Waals surface area contributed by atoms with Crippen LogP contribution in [-0.2, 0) is 14.3 Å². The molecule has 1 unspecified atom stereocenters. The molecule has 1 atom stereocenters. The summed E-state index contributed by atoms with van der Waals surface area (Å²) in [6, 6.07) is 15.3. The molecule has 33 heavy (non-hydrogen) atoms. The SMILES string of the molecule is CC(C)C(NC(=O)C1(CNC(=O)OCC2c3ccccc3-c3ccccc32)CCC1)C(=O)O. The van der Waals surface area contributed by atoms with E-state index in [0.29, 0.717) is 12.8 Å². The summed E-state index contributed by atoms with van der Waals surface area (Å²) in [4.78, 5) is 36.8. The zero-order valence-corrected chi connectivity index (χ0v) is 19.0. The van der Waals surface area contributed by atoms with E-state index in [4.69, 9.17) is 4.74 Å². The number of aliphatic carboxylic acids is 1. The minimum absolute atomic E-state index is 0.0357. The monoisotopic (exact) mass is 450 g/mol. The topological polar surface area (TPSA) is 105 Å². The third kappa shape index (κ3) is 4.45. The Morgan fingerprint density at radius 2 is 1.61 bits per heavy atom. The molecule has 2 aromatic rings. The van der Waals surface area contributed by atoms with Crippen molar-refractivity contribution in [2.45, 2.75) is 45.1 Å². The third-order valence-corrected chi connectivity index (χ3v) is 6.93. The lowest BCUT2D eigenvalue weighted by atomic mass is 9.67. The van der Waals surface area contributed by atoms with Gasteiger partial charge in [-0.05, 0) is 41.0 Å². The maximum absolute atomic E-state index is 12.9. The molecule has 7 heteroatoms. The molecule has 2 aromatic carbocycles. The Morgan fingerprint density at radius 1 is 1.03 bits per heavy atom. The van der Waals surface area contributed by atoms with Crippen LogP contribution < -0.4 is 10.6 Å². The molecule has 0 spiro atoms. The van der Waals surface area contributed by atoms with Gasteiger partial charge in [0.2, 0.25) is 5.91 Å². The largest absolute Gasteiger partial charge is 0.480 e. The minimum atomic E-state index is -1.06. The highest BCUT2D eigenvalue weighted by atomic mass is 16.5. The molecule has 174 valence electrons. The van der Waals surface area contributed by atoms with Crippen LogP contribution in [0, 0.1) is 11.3 Å². The van der Waals surface area contributed by atoms with E-state index in [2.05, 4.69) is 34.9 Å². The standard InChI is InChI=1S/C26H30N2O5/c1-16(2)22(23(29)30)28-24(31)26(12-7-13-26)15-27-25(32)33-14-21-19-10-5-3-8-17(19)18-9-4-6-11-20(18)21/h3-6,8-11,16,21-22H,7,12-15H2,1-2H3,(H,27,32)(H,28,31)(H,29,30). The van der Waals surface area contributed by atoms with Crippen LogP contribution in [-0.4, -0.2) is 42.3 Å². The van der Waals surface area contributed by atoms with E-state index in [9.17, 15) is 19.5 Å². The Morgan fingerprint density at radius 3 is 2.09 bits per heavy atom. The zero-order chi connectivity index (χ0) is 23.6. The Bertz CT molecular complexity index is 1010. The number of carboxylic acid groups (broad SMARTS) is 1. The number of hydrogen-bond acceptors (Lipinski definition) is 4. The lowest BCUT2D eigenvalue weighted by molar-refractivity contribution is -0.146. The Kier molecular flexibility index (Phi) is 6.40. The Balaban J connectivity index is 1.36. The Labute approximate surface area is 193 Å². The van der Waals surface area contributed by atoms with Gasteiger partial charge < -0.3 is 20.5 Å². The first-order valence-electron chi connectivity index (χ1n) is 11.4. The van der Waals surface area contributed by atoms with Gasteiger partial charge in [-0.3, -0.25) is 4.79 Å².